The van der Waals surface area contributed by atoms with Gasteiger partial charge in [0.1, 0.15) is 5.82 Å². The van der Waals surface area contributed by atoms with Crippen molar-refractivity contribution in [2.75, 3.05) is 12.4 Å². The number of amides is 1. The summed E-state index contributed by atoms with van der Waals surface area (Å²) in [6.07, 6.45) is 3.37. The average molecular weight is 343 g/mol. The van der Waals surface area contributed by atoms with Gasteiger partial charge >= 0.3 is 0 Å². The van der Waals surface area contributed by atoms with Crippen molar-refractivity contribution >= 4 is 11.6 Å². The maximum Gasteiger partial charge on any atom is 0.255 e. The van der Waals surface area contributed by atoms with Gasteiger partial charge in [0, 0.05) is 11.3 Å². The summed E-state index contributed by atoms with van der Waals surface area (Å²) in [7, 11) is 1.59. The van der Waals surface area contributed by atoms with Crippen LogP contribution in [-0.4, -0.2) is 19.1 Å². The van der Waals surface area contributed by atoms with Gasteiger partial charge in [-0.2, -0.15) is 0 Å². The molecule has 0 saturated heterocycles. The van der Waals surface area contributed by atoms with Crippen molar-refractivity contribution in [2.45, 2.75) is 39.2 Å². The Labute approximate surface area is 147 Å². The molecule has 2 aromatic rings. The number of methoxy groups -OCH3 is 1. The molecule has 0 heterocycles. The number of rotatable bonds is 5. The Balaban J connectivity index is 1.84. The van der Waals surface area contributed by atoms with Crippen molar-refractivity contribution in [3.8, 4) is 11.5 Å². The van der Waals surface area contributed by atoms with Crippen LogP contribution in [0.3, 0.4) is 0 Å². The molecule has 1 fully saturated rings. The van der Waals surface area contributed by atoms with Crippen molar-refractivity contribution < 1.29 is 18.7 Å². The topological polar surface area (TPSA) is 47.6 Å². The van der Waals surface area contributed by atoms with Crippen LogP contribution in [0.1, 0.15) is 40.7 Å². The van der Waals surface area contributed by atoms with Gasteiger partial charge < -0.3 is 14.8 Å². The van der Waals surface area contributed by atoms with Gasteiger partial charge in [0.05, 0.1) is 13.2 Å². The fourth-order valence-electron chi connectivity index (χ4n) is 2.76. The molecule has 132 valence electrons. The zero-order valence-corrected chi connectivity index (χ0v) is 14.7. The minimum atomic E-state index is -0.349. The molecule has 4 nitrogen and oxygen atoms in total. The third kappa shape index (κ3) is 3.76. The number of ether oxygens (including phenoxy) is 2. The molecule has 1 saturated carbocycles. The van der Waals surface area contributed by atoms with E-state index in [0.29, 0.717) is 28.3 Å². The fourth-order valence-corrected chi connectivity index (χ4v) is 2.76. The summed E-state index contributed by atoms with van der Waals surface area (Å²) < 4.78 is 25.0. The number of hydrogen-bond donors (Lipinski definition) is 1. The Morgan fingerprint density at radius 1 is 1.16 bits per heavy atom. The third-order valence-corrected chi connectivity index (χ3v) is 4.48. The zero-order chi connectivity index (χ0) is 18.0. The third-order valence-electron chi connectivity index (χ3n) is 4.48. The molecule has 0 aliphatic heterocycles. The van der Waals surface area contributed by atoms with Crippen LogP contribution in [0.15, 0.2) is 30.3 Å². The second-order valence-electron chi connectivity index (χ2n) is 6.41. The molecule has 0 atom stereocenters. The summed E-state index contributed by atoms with van der Waals surface area (Å²) >= 11 is 0. The van der Waals surface area contributed by atoms with E-state index in [2.05, 4.69) is 5.32 Å². The number of carbonyl (C=O) groups is 1. The predicted octanol–water partition coefficient (Wildman–Crippen LogP) is 4.63. The fraction of sp³-hybridized carbons (Fsp3) is 0.350. The average Bonchev–Trinajstić information content (AvgIpc) is 2.54. The summed E-state index contributed by atoms with van der Waals surface area (Å²) in [6, 6.07) is 8.06. The van der Waals surface area contributed by atoms with Gasteiger partial charge in [0.25, 0.3) is 5.91 Å². The van der Waals surface area contributed by atoms with E-state index < -0.39 is 0 Å². The summed E-state index contributed by atoms with van der Waals surface area (Å²) in [6.45, 7) is 3.55. The highest BCUT2D eigenvalue weighted by Crippen LogP contribution is 2.36. The maximum absolute atomic E-state index is 13.7. The molecule has 1 aliphatic rings. The Hall–Kier alpha value is -2.56. The molecular weight excluding hydrogens is 321 g/mol. The van der Waals surface area contributed by atoms with E-state index in [9.17, 15) is 9.18 Å². The van der Waals surface area contributed by atoms with Crippen molar-refractivity contribution in [1.29, 1.82) is 0 Å². The van der Waals surface area contributed by atoms with Gasteiger partial charge in [-0.05, 0) is 68.5 Å². The van der Waals surface area contributed by atoms with Crippen molar-refractivity contribution in [1.82, 2.24) is 0 Å². The van der Waals surface area contributed by atoms with Crippen LogP contribution in [-0.2, 0) is 0 Å². The summed E-state index contributed by atoms with van der Waals surface area (Å²) in [5, 5.41) is 2.72. The molecule has 1 amide bonds. The predicted molar refractivity (Wildman–Crippen MR) is 95.1 cm³/mol. The van der Waals surface area contributed by atoms with E-state index in [1.54, 1.807) is 38.3 Å². The van der Waals surface area contributed by atoms with E-state index in [1.165, 1.54) is 6.07 Å². The highest BCUT2D eigenvalue weighted by Gasteiger charge is 2.23. The van der Waals surface area contributed by atoms with Gasteiger partial charge in [-0.1, -0.05) is 6.07 Å². The Morgan fingerprint density at radius 3 is 2.52 bits per heavy atom. The number of anilines is 1. The number of nitrogens with one attached hydrogen (secondary N) is 1. The first-order valence-corrected chi connectivity index (χ1v) is 8.40. The molecule has 5 heteroatoms. The van der Waals surface area contributed by atoms with E-state index in [0.717, 1.165) is 24.8 Å². The van der Waals surface area contributed by atoms with Crippen LogP contribution in [0.2, 0.25) is 0 Å². The summed E-state index contributed by atoms with van der Waals surface area (Å²) in [4.78, 5) is 12.6. The van der Waals surface area contributed by atoms with Crippen molar-refractivity contribution in [3.05, 3.63) is 52.8 Å². The molecule has 0 bridgehead atoms. The van der Waals surface area contributed by atoms with E-state index in [-0.39, 0.29) is 17.8 Å². The molecule has 0 spiro atoms. The minimum absolute atomic E-state index is 0.179. The molecule has 0 aromatic heterocycles. The van der Waals surface area contributed by atoms with E-state index >= 15 is 0 Å². The maximum atomic E-state index is 13.7. The van der Waals surface area contributed by atoms with Crippen LogP contribution in [0.25, 0.3) is 0 Å². The van der Waals surface area contributed by atoms with E-state index in [4.69, 9.17) is 9.47 Å². The number of hydrogen-bond acceptors (Lipinski definition) is 3. The molecule has 25 heavy (non-hydrogen) atoms. The molecule has 3 rings (SSSR count). The monoisotopic (exact) mass is 343 g/mol. The van der Waals surface area contributed by atoms with Crippen LogP contribution in [0.4, 0.5) is 10.1 Å². The number of carbonyl (C=O) groups excluding carboxylic acids is 1. The number of halogens is 1. The first-order chi connectivity index (χ1) is 12.0. The quantitative estimate of drug-likeness (QED) is 0.861. The van der Waals surface area contributed by atoms with Gasteiger partial charge in [-0.15, -0.1) is 0 Å². The summed E-state index contributed by atoms with van der Waals surface area (Å²) in [5.41, 5.74) is 2.23. The van der Waals surface area contributed by atoms with Crippen LogP contribution >= 0.6 is 0 Å². The van der Waals surface area contributed by atoms with Gasteiger partial charge in [0.2, 0.25) is 0 Å². The van der Waals surface area contributed by atoms with E-state index in [1.807, 2.05) is 6.92 Å². The lowest BCUT2D eigenvalue weighted by Gasteiger charge is -2.27. The van der Waals surface area contributed by atoms with Crippen LogP contribution in [0.5, 0.6) is 11.5 Å². The Bertz CT molecular complexity index is 800. The SMILES string of the molecule is COc1c(C)cc(C(=O)Nc2ccc(C)c(F)c2)cc1OC1CCC1. The lowest BCUT2D eigenvalue weighted by atomic mass is 9.96. The van der Waals surface area contributed by atoms with Crippen molar-refractivity contribution in [2.24, 2.45) is 0 Å². The largest absolute Gasteiger partial charge is 0.493 e. The van der Waals surface area contributed by atoms with Gasteiger partial charge in [0.15, 0.2) is 11.5 Å². The first kappa shape index (κ1) is 17.3. The standard InChI is InChI=1S/C20H22FNO3/c1-12-7-8-15(11-17(12)21)22-20(23)14-9-13(2)19(24-3)18(10-14)25-16-5-4-6-16/h7-11,16H,4-6H2,1-3H3,(H,22,23). The Kier molecular flexibility index (Phi) is 4.93. The Morgan fingerprint density at radius 2 is 1.92 bits per heavy atom. The highest BCUT2D eigenvalue weighted by atomic mass is 19.1. The van der Waals surface area contributed by atoms with Gasteiger partial charge in [-0.3, -0.25) is 4.79 Å². The molecule has 0 unspecified atom stereocenters. The normalized spacial score (nSPS) is 13.9. The zero-order valence-electron chi connectivity index (χ0n) is 14.7. The minimum Gasteiger partial charge on any atom is -0.493 e. The molecule has 1 N–H and O–H groups in total. The summed E-state index contributed by atoms with van der Waals surface area (Å²) in [5.74, 6) is 0.558. The van der Waals surface area contributed by atoms with Crippen LogP contribution < -0.4 is 14.8 Å². The van der Waals surface area contributed by atoms with Crippen LogP contribution in [0, 0.1) is 19.7 Å². The lowest BCUT2D eigenvalue weighted by molar-refractivity contribution is 0.102. The second-order valence-corrected chi connectivity index (χ2v) is 6.41. The molecule has 1 aliphatic carbocycles. The first-order valence-electron chi connectivity index (χ1n) is 8.40. The number of benzene rings is 2. The smallest absolute Gasteiger partial charge is 0.255 e. The lowest BCUT2D eigenvalue weighted by Crippen LogP contribution is -2.25. The molecule has 2 aromatic carbocycles. The highest BCUT2D eigenvalue weighted by molar-refractivity contribution is 6.04. The number of aryl methyl sites for hydroxylation is 2. The molecular formula is C20H22FNO3. The second kappa shape index (κ2) is 7.13. The molecule has 0 radical (unpaired) electrons. The van der Waals surface area contributed by atoms with Gasteiger partial charge in [-0.25, -0.2) is 4.39 Å². The van der Waals surface area contributed by atoms with Crippen molar-refractivity contribution in [3.63, 3.8) is 0 Å².